The van der Waals surface area contributed by atoms with Gasteiger partial charge in [0.1, 0.15) is 10.8 Å². The van der Waals surface area contributed by atoms with Gasteiger partial charge in [-0.15, -0.1) is 11.8 Å². The molecule has 0 spiro atoms. The van der Waals surface area contributed by atoms with Crippen molar-refractivity contribution in [1.29, 1.82) is 0 Å². The number of carbonyl (C=O) groups is 1. The van der Waals surface area contributed by atoms with E-state index < -0.39 is 6.16 Å². The van der Waals surface area contributed by atoms with Crippen LogP contribution in [0.25, 0.3) is 0 Å². The molecule has 0 saturated carbocycles. The van der Waals surface area contributed by atoms with Gasteiger partial charge in [0, 0.05) is 13.1 Å². The molecule has 0 amide bonds. The average Bonchev–Trinajstić information content (AvgIpc) is 2.68. The molecular weight excluding hydrogens is 377 g/mol. The Morgan fingerprint density at radius 1 is 1.11 bits per heavy atom. The van der Waals surface area contributed by atoms with Gasteiger partial charge in [0.15, 0.2) is 5.76 Å². The number of allylic oxidation sites excluding steroid dienone is 1. The van der Waals surface area contributed by atoms with Crippen LogP contribution in [0.2, 0.25) is 0 Å². The predicted octanol–water partition coefficient (Wildman–Crippen LogP) is 5.43. The first-order valence-corrected chi connectivity index (χ1v) is 10.1. The molecule has 2 aromatic rings. The zero-order valence-corrected chi connectivity index (χ0v) is 16.2. The van der Waals surface area contributed by atoms with Crippen LogP contribution in [0.15, 0.2) is 77.5 Å². The zero-order valence-electron chi connectivity index (χ0n) is 15.4. The molecule has 146 valence electrons. The number of ether oxygens (including phenoxy) is 1. The summed E-state index contributed by atoms with van der Waals surface area (Å²) in [5, 5.41) is 9.88. The lowest BCUT2D eigenvalue weighted by atomic mass is 10.1. The van der Waals surface area contributed by atoms with Crippen molar-refractivity contribution < 1.29 is 19.0 Å². The van der Waals surface area contributed by atoms with E-state index in [1.165, 1.54) is 12.1 Å². The Balaban J connectivity index is 1.65. The molecule has 0 aromatic heterocycles. The Hall–Kier alpha value is -2.73. The monoisotopic (exact) mass is 399 g/mol. The number of rotatable bonds is 8. The summed E-state index contributed by atoms with van der Waals surface area (Å²) in [6, 6.07) is 16.6. The van der Waals surface area contributed by atoms with E-state index in [0.717, 1.165) is 34.8 Å². The highest BCUT2D eigenvalue weighted by Gasteiger charge is 2.20. The molecule has 1 N–H and O–H groups in total. The van der Waals surface area contributed by atoms with Gasteiger partial charge >= 0.3 is 6.16 Å². The van der Waals surface area contributed by atoms with Crippen LogP contribution in [0.4, 0.5) is 9.18 Å². The number of hydrogen-bond acceptors (Lipinski definition) is 4. The number of aryl methyl sites for hydroxylation is 1. The summed E-state index contributed by atoms with van der Waals surface area (Å²) in [5.74, 6) is 0.934. The van der Waals surface area contributed by atoms with Crippen molar-refractivity contribution in [2.24, 2.45) is 0 Å². The second-order valence-corrected chi connectivity index (χ2v) is 7.47. The van der Waals surface area contributed by atoms with Crippen LogP contribution in [0, 0.1) is 5.82 Å². The van der Waals surface area contributed by atoms with Crippen LogP contribution in [0.1, 0.15) is 17.5 Å². The number of nitrogens with zero attached hydrogens (tertiary/aromatic N) is 1. The number of carboxylic acid groups (broad SMARTS) is 1. The third-order valence-corrected chi connectivity index (χ3v) is 5.49. The molecule has 6 heteroatoms. The molecule has 0 unspecified atom stereocenters. The minimum Gasteiger partial charge on any atom is -0.449 e. The molecule has 2 aromatic carbocycles. The largest absolute Gasteiger partial charge is 0.511 e. The summed E-state index contributed by atoms with van der Waals surface area (Å²) in [6.45, 7) is 1.37. The standard InChI is InChI=1S/C22H22FNO3S/c23-19-12-10-17(11-13-19)8-5-15-28-21-20(27-22(25)26)9-4-14-24(21)16-18-6-2-1-3-7-18/h1-4,6-7,9-13H,5,8,14-16H2,(H,25,26). The van der Waals surface area contributed by atoms with E-state index >= 15 is 0 Å². The number of hydrogen-bond donors (Lipinski definition) is 1. The normalized spacial score (nSPS) is 13.7. The van der Waals surface area contributed by atoms with Crippen LogP contribution in [0.3, 0.4) is 0 Å². The number of thioether (sulfide) groups is 1. The molecule has 0 saturated heterocycles. The Bertz CT molecular complexity index is 850. The topological polar surface area (TPSA) is 49.8 Å². The van der Waals surface area contributed by atoms with Gasteiger partial charge < -0.3 is 14.7 Å². The quantitative estimate of drug-likeness (QED) is 0.474. The molecule has 1 heterocycles. The Morgan fingerprint density at radius 2 is 1.86 bits per heavy atom. The lowest BCUT2D eigenvalue weighted by Gasteiger charge is -2.29. The van der Waals surface area contributed by atoms with E-state index in [-0.39, 0.29) is 5.82 Å². The summed E-state index contributed by atoms with van der Waals surface area (Å²) >= 11 is 1.59. The van der Waals surface area contributed by atoms with Gasteiger partial charge in [-0.1, -0.05) is 48.5 Å². The summed E-state index contributed by atoms with van der Waals surface area (Å²) < 4.78 is 18.0. The van der Waals surface area contributed by atoms with E-state index in [4.69, 9.17) is 9.84 Å². The number of benzene rings is 2. The van der Waals surface area contributed by atoms with Gasteiger partial charge in [-0.3, -0.25) is 0 Å². The second-order valence-electron chi connectivity index (χ2n) is 6.38. The van der Waals surface area contributed by atoms with Crippen LogP contribution >= 0.6 is 11.8 Å². The predicted molar refractivity (Wildman–Crippen MR) is 109 cm³/mol. The van der Waals surface area contributed by atoms with Gasteiger partial charge in [-0.05, 0) is 47.9 Å². The van der Waals surface area contributed by atoms with E-state index in [0.29, 0.717) is 18.8 Å². The highest BCUT2D eigenvalue weighted by Crippen LogP contribution is 2.31. The first-order valence-electron chi connectivity index (χ1n) is 9.09. The molecule has 3 rings (SSSR count). The minimum absolute atomic E-state index is 0.232. The molecule has 0 atom stereocenters. The highest BCUT2D eigenvalue weighted by atomic mass is 32.2. The highest BCUT2D eigenvalue weighted by molar-refractivity contribution is 8.03. The van der Waals surface area contributed by atoms with Gasteiger partial charge in [0.05, 0.1) is 0 Å². The van der Waals surface area contributed by atoms with Crippen molar-refractivity contribution in [3.05, 3.63) is 94.5 Å². The second kappa shape index (κ2) is 9.99. The van der Waals surface area contributed by atoms with E-state index in [1.807, 2.05) is 36.4 Å². The Morgan fingerprint density at radius 3 is 2.57 bits per heavy atom. The lowest BCUT2D eigenvalue weighted by molar-refractivity contribution is 0.119. The third-order valence-electron chi connectivity index (χ3n) is 4.27. The molecule has 4 nitrogen and oxygen atoms in total. The fraction of sp³-hybridized carbons (Fsp3) is 0.227. The van der Waals surface area contributed by atoms with Crippen LogP contribution < -0.4 is 0 Å². The molecule has 1 aliphatic rings. The molecule has 0 bridgehead atoms. The van der Waals surface area contributed by atoms with Crippen molar-refractivity contribution in [2.45, 2.75) is 19.4 Å². The smallest absolute Gasteiger partial charge is 0.449 e. The summed E-state index contributed by atoms with van der Waals surface area (Å²) in [5.41, 5.74) is 2.24. The fourth-order valence-corrected chi connectivity index (χ4v) is 4.02. The van der Waals surface area contributed by atoms with E-state index in [1.54, 1.807) is 30.0 Å². The van der Waals surface area contributed by atoms with Gasteiger partial charge in [-0.25, -0.2) is 9.18 Å². The lowest BCUT2D eigenvalue weighted by Crippen LogP contribution is -2.26. The van der Waals surface area contributed by atoms with Crippen LogP contribution in [0.5, 0.6) is 0 Å². The zero-order chi connectivity index (χ0) is 19.8. The molecule has 28 heavy (non-hydrogen) atoms. The summed E-state index contributed by atoms with van der Waals surface area (Å²) in [6.07, 6.45) is 4.04. The molecule has 0 fully saturated rings. The number of halogens is 1. The van der Waals surface area contributed by atoms with E-state index in [2.05, 4.69) is 4.90 Å². The SMILES string of the molecule is O=C(O)OC1=C(SCCCc2ccc(F)cc2)N(Cc2ccccc2)CC=C1. The van der Waals surface area contributed by atoms with Crippen molar-refractivity contribution >= 4 is 17.9 Å². The van der Waals surface area contributed by atoms with Crippen molar-refractivity contribution in [2.75, 3.05) is 12.3 Å². The first-order chi connectivity index (χ1) is 13.6. The molecule has 0 radical (unpaired) electrons. The van der Waals surface area contributed by atoms with Crippen LogP contribution in [-0.2, 0) is 17.7 Å². The van der Waals surface area contributed by atoms with Crippen molar-refractivity contribution in [3.63, 3.8) is 0 Å². The average molecular weight is 399 g/mol. The summed E-state index contributed by atoms with van der Waals surface area (Å²) in [4.78, 5) is 13.2. The molecule has 0 aliphatic carbocycles. The maximum absolute atomic E-state index is 13.0. The fourth-order valence-electron chi connectivity index (χ4n) is 2.97. The Labute approximate surface area is 168 Å². The van der Waals surface area contributed by atoms with Gasteiger partial charge in [-0.2, -0.15) is 0 Å². The van der Waals surface area contributed by atoms with Crippen molar-refractivity contribution in [1.82, 2.24) is 4.90 Å². The minimum atomic E-state index is -1.31. The maximum atomic E-state index is 13.0. The molecular formula is C22H22FNO3S. The van der Waals surface area contributed by atoms with Gasteiger partial charge in [0.2, 0.25) is 0 Å². The summed E-state index contributed by atoms with van der Waals surface area (Å²) in [7, 11) is 0. The van der Waals surface area contributed by atoms with Crippen molar-refractivity contribution in [3.8, 4) is 0 Å². The Kier molecular flexibility index (Phi) is 7.14. The first kappa shape index (κ1) is 20.0. The van der Waals surface area contributed by atoms with Gasteiger partial charge in [0.25, 0.3) is 0 Å². The van der Waals surface area contributed by atoms with Crippen LogP contribution in [-0.4, -0.2) is 28.5 Å². The van der Waals surface area contributed by atoms with E-state index in [9.17, 15) is 9.18 Å². The third kappa shape index (κ3) is 5.89. The maximum Gasteiger partial charge on any atom is 0.511 e. The molecule has 1 aliphatic heterocycles.